The molecule has 21 heavy (non-hydrogen) atoms. The van der Waals surface area contributed by atoms with Crippen LogP contribution in [-0.2, 0) is 14.3 Å². The highest BCUT2D eigenvalue weighted by molar-refractivity contribution is 5.81. The van der Waals surface area contributed by atoms with Crippen molar-refractivity contribution in [3.8, 4) is 0 Å². The second-order valence-electron chi connectivity index (χ2n) is 5.20. The molecule has 0 radical (unpaired) electrons. The molecule has 0 aromatic carbocycles. The summed E-state index contributed by atoms with van der Waals surface area (Å²) in [5, 5.41) is 2.60. The lowest BCUT2D eigenvalue weighted by molar-refractivity contribution is -0.146. The van der Waals surface area contributed by atoms with E-state index in [1.807, 2.05) is 13.8 Å². The van der Waals surface area contributed by atoms with Gasteiger partial charge in [-0.05, 0) is 19.3 Å². The number of ether oxygens (including phenoxy) is 2. The minimum absolute atomic E-state index is 0.353. The lowest BCUT2D eigenvalue weighted by Crippen LogP contribution is -2.42. The van der Waals surface area contributed by atoms with Crippen LogP contribution in [0.5, 0.6) is 0 Å². The SMILES string of the molecule is CCCCCCOC(=O)C(CCCC)NC(=O)OCCC. The minimum atomic E-state index is -0.597. The number of unbranched alkanes of at least 4 members (excludes halogenated alkanes) is 4. The average molecular weight is 301 g/mol. The van der Waals surface area contributed by atoms with E-state index in [0.29, 0.717) is 19.6 Å². The van der Waals surface area contributed by atoms with Crippen molar-refractivity contribution in [3.63, 3.8) is 0 Å². The van der Waals surface area contributed by atoms with Crippen LogP contribution in [0.3, 0.4) is 0 Å². The first-order valence-electron chi connectivity index (χ1n) is 8.25. The molecular weight excluding hydrogens is 270 g/mol. The summed E-state index contributed by atoms with van der Waals surface area (Å²) >= 11 is 0. The molecule has 1 unspecified atom stereocenters. The largest absolute Gasteiger partial charge is 0.464 e. The molecule has 0 rings (SSSR count). The van der Waals surface area contributed by atoms with Crippen LogP contribution in [-0.4, -0.2) is 31.3 Å². The first-order valence-corrected chi connectivity index (χ1v) is 8.25. The van der Waals surface area contributed by atoms with Gasteiger partial charge in [0.15, 0.2) is 0 Å². The van der Waals surface area contributed by atoms with Crippen molar-refractivity contribution < 1.29 is 19.1 Å². The molecule has 124 valence electrons. The molecule has 0 heterocycles. The van der Waals surface area contributed by atoms with E-state index >= 15 is 0 Å². The van der Waals surface area contributed by atoms with Crippen LogP contribution < -0.4 is 5.32 Å². The maximum absolute atomic E-state index is 12.0. The number of carbonyl (C=O) groups excluding carboxylic acids is 2. The summed E-state index contributed by atoms with van der Waals surface area (Å²) in [6, 6.07) is -0.597. The Hall–Kier alpha value is -1.26. The zero-order valence-electron chi connectivity index (χ0n) is 13.8. The Morgan fingerprint density at radius 2 is 1.57 bits per heavy atom. The average Bonchev–Trinajstić information content (AvgIpc) is 2.48. The highest BCUT2D eigenvalue weighted by Crippen LogP contribution is 2.05. The van der Waals surface area contributed by atoms with E-state index < -0.39 is 12.1 Å². The summed E-state index contributed by atoms with van der Waals surface area (Å²) < 4.78 is 10.2. The van der Waals surface area contributed by atoms with E-state index in [4.69, 9.17) is 9.47 Å². The van der Waals surface area contributed by atoms with Crippen molar-refractivity contribution in [1.82, 2.24) is 5.32 Å². The molecule has 0 aromatic heterocycles. The molecule has 0 saturated heterocycles. The summed E-state index contributed by atoms with van der Waals surface area (Å²) in [5.74, 6) is -0.353. The van der Waals surface area contributed by atoms with E-state index in [-0.39, 0.29) is 5.97 Å². The highest BCUT2D eigenvalue weighted by atomic mass is 16.6. The summed E-state index contributed by atoms with van der Waals surface area (Å²) in [6.07, 6.45) is 6.88. The highest BCUT2D eigenvalue weighted by Gasteiger charge is 2.22. The lowest BCUT2D eigenvalue weighted by Gasteiger charge is -2.17. The zero-order chi connectivity index (χ0) is 15.9. The Balaban J connectivity index is 4.12. The molecule has 1 amide bonds. The van der Waals surface area contributed by atoms with Crippen molar-refractivity contribution in [3.05, 3.63) is 0 Å². The number of esters is 1. The number of hydrogen-bond donors (Lipinski definition) is 1. The van der Waals surface area contributed by atoms with Crippen LogP contribution in [0.2, 0.25) is 0 Å². The summed E-state index contributed by atoms with van der Waals surface area (Å²) in [5.41, 5.74) is 0. The number of rotatable bonds is 12. The monoisotopic (exact) mass is 301 g/mol. The molecule has 0 aliphatic heterocycles. The van der Waals surface area contributed by atoms with Gasteiger partial charge in [-0.2, -0.15) is 0 Å². The topological polar surface area (TPSA) is 64.6 Å². The zero-order valence-corrected chi connectivity index (χ0v) is 13.8. The van der Waals surface area contributed by atoms with Crippen molar-refractivity contribution >= 4 is 12.1 Å². The van der Waals surface area contributed by atoms with Gasteiger partial charge in [-0.1, -0.05) is 52.9 Å². The van der Waals surface area contributed by atoms with Gasteiger partial charge in [-0.15, -0.1) is 0 Å². The van der Waals surface area contributed by atoms with E-state index in [0.717, 1.165) is 44.9 Å². The van der Waals surface area contributed by atoms with Crippen LogP contribution in [0.15, 0.2) is 0 Å². The Morgan fingerprint density at radius 3 is 2.19 bits per heavy atom. The predicted molar refractivity (Wildman–Crippen MR) is 83.2 cm³/mol. The van der Waals surface area contributed by atoms with Crippen molar-refractivity contribution in [2.75, 3.05) is 13.2 Å². The lowest BCUT2D eigenvalue weighted by atomic mass is 10.1. The van der Waals surface area contributed by atoms with E-state index in [9.17, 15) is 9.59 Å². The molecule has 0 spiro atoms. The van der Waals surface area contributed by atoms with Gasteiger partial charge < -0.3 is 14.8 Å². The molecule has 0 saturated carbocycles. The van der Waals surface area contributed by atoms with Gasteiger partial charge in [0.05, 0.1) is 13.2 Å². The fourth-order valence-corrected chi connectivity index (χ4v) is 1.84. The van der Waals surface area contributed by atoms with Gasteiger partial charge in [0.1, 0.15) is 6.04 Å². The Morgan fingerprint density at radius 1 is 0.857 bits per heavy atom. The number of hydrogen-bond acceptors (Lipinski definition) is 4. The number of nitrogens with one attached hydrogen (secondary N) is 1. The fraction of sp³-hybridized carbons (Fsp3) is 0.875. The Labute approximate surface area is 128 Å². The summed E-state index contributed by atoms with van der Waals surface area (Å²) in [4.78, 5) is 23.6. The van der Waals surface area contributed by atoms with Crippen LogP contribution in [0.4, 0.5) is 4.79 Å². The number of amides is 1. The Bertz CT molecular complexity index is 281. The maximum Gasteiger partial charge on any atom is 0.407 e. The predicted octanol–water partition coefficient (Wildman–Crippen LogP) is 3.80. The smallest absolute Gasteiger partial charge is 0.407 e. The van der Waals surface area contributed by atoms with Crippen LogP contribution in [0, 0.1) is 0 Å². The molecule has 0 bridgehead atoms. The third-order valence-electron chi connectivity index (χ3n) is 3.10. The molecule has 5 nitrogen and oxygen atoms in total. The summed E-state index contributed by atoms with van der Waals surface area (Å²) in [6.45, 7) is 6.89. The van der Waals surface area contributed by atoms with E-state index in [2.05, 4.69) is 12.2 Å². The van der Waals surface area contributed by atoms with Crippen LogP contribution in [0.25, 0.3) is 0 Å². The quantitative estimate of drug-likeness (QED) is 0.440. The molecular formula is C16H31NO4. The van der Waals surface area contributed by atoms with Gasteiger partial charge >= 0.3 is 12.1 Å². The van der Waals surface area contributed by atoms with Gasteiger partial charge in [0, 0.05) is 0 Å². The van der Waals surface area contributed by atoms with Gasteiger partial charge in [-0.25, -0.2) is 9.59 Å². The Kier molecular flexibility index (Phi) is 12.9. The first kappa shape index (κ1) is 19.7. The normalized spacial score (nSPS) is 11.8. The van der Waals surface area contributed by atoms with Crippen molar-refractivity contribution in [1.29, 1.82) is 0 Å². The van der Waals surface area contributed by atoms with Gasteiger partial charge in [-0.3, -0.25) is 0 Å². The fourth-order valence-electron chi connectivity index (χ4n) is 1.84. The van der Waals surface area contributed by atoms with Crippen molar-refractivity contribution in [2.45, 2.75) is 78.2 Å². The molecule has 0 aliphatic carbocycles. The second kappa shape index (κ2) is 13.7. The second-order valence-corrected chi connectivity index (χ2v) is 5.20. The molecule has 1 N–H and O–H groups in total. The molecule has 0 aromatic rings. The van der Waals surface area contributed by atoms with Crippen LogP contribution >= 0.6 is 0 Å². The van der Waals surface area contributed by atoms with E-state index in [1.165, 1.54) is 0 Å². The number of alkyl carbamates (subject to hydrolysis) is 1. The number of carbonyl (C=O) groups is 2. The van der Waals surface area contributed by atoms with Gasteiger partial charge in [0.25, 0.3) is 0 Å². The third kappa shape index (κ3) is 11.1. The molecule has 0 fully saturated rings. The van der Waals surface area contributed by atoms with Crippen LogP contribution in [0.1, 0.15) is 72.1 Å². The molecule has 1 atom stereocenters. The molecule has 0 aliphatic rings. The van der Waals surface area contributed by atoms with Gasteiger partial charge in [0.2, 0.25) is 0 Å². The maximum atomic E-state index is 12.0. The summed E-state index contributed by atoms with van der Waals surface area (Å²) in [7, 11) is 0. The first-order chi connectivity index (χ1) is 10.2. The van der Waals surface area contributed by atoms with Crippen molar-refractivity contribution in [2.24, 2.45) is 0 Å². The molecule has 5 heteroatoms. The standard InChI is InChI=1S/C16H31NO4/c1-4-7-9-10-13-20-15(18)14(11-8-5-2)17-16(19)21-12-6-3/h14H,4-13H2,1-3H3,(H,17,19). The third-order valence-corrected chi connectivity index (χ3v) is 3.10. The minimum Gasteiger partial charge on any atom is -0.464 e. The van der Waals surface area contributed by atoms with E-state index in [1.54, 1.807) is 0 Å².